The van der Waals surface area contributed by atoms with Crippen LogP contribution in [-0.2, 0) is 6.42 Å². The first-order valence-electron chi connectivity index (χ1n) is 4.34. The third kappa shape index (κ3) is 3.01. The molecule has 1 heterocycles. The Morgan fingerprint density at radius 2 is 2.17 bits per heavy atom. The molecular weight excluding hydrogens is 150 g/mol. The van der Waals surface area contributed by atoms with Crippen molar-refractivity contribution >= 4 is 0 Å². The van der Waals surface area contributed by atoms with E-state index in [4.69, 9.17) is 5.11 Å². The highest BCUT2D eigenvalue weighted by atomic mass is 16.2. The predicted molar refractivity (Wildman–Crippen MR) is 49.0 cm³/mol. The summed E-state index contributed by atoms with van der Waals surface area (Å²) in [5, 5.41) is 8.58. The van der Waals surface area contributed by atoms with Crippen molar-refractivity contribution in [1.29, 1.82) is 0 Å². The lowest BCUT2D eigenvalue weighted by Gasteiger charge is -2.00. The average molecular weight is 165 g/mol. The van der Waals surface area contributed by atoms with Crippen LogP contribution in [0, 0.1) is 6.92 Å². The number of pyridine rings is 1. The van der Waals surface area contributed by atoms with E-state index in [0.717, 1.165) is 19.3 Å². The molecule has 1 N–H and O–H groups in total. The first-order chi connectivity index (χ1) is 5.83. The molecule has 0 radical (unpaired) electrons. The maximum absolute atomic E-state index is 8.58. The average Bonchev–Trinajstić information content (AvgIpc) is 2.05. The van der Waals surface area contributed by atoms with Gasteiger partial charge in [-0.15, -0.1) is 0 Å². The third-order valence-corrected chi connectivity index (χ3v) is 1.81. The molecule has 0 spiro atoms. The highest BCUT2D eigenvalue weighted by Gasteiger charge is 1.93. The van der Waals surface area contributed by atoms with E-state index in [1.165, 1.54) is 11.1 Å². The molecule has 0 aliphatic carbocycles. The topological polar surface area (TPSA) is 33.1 Å². The number of rotatable bonds is 4. The number of nitrogens with zero attached hydrogens (tertiary/aromatic N) is 1. The Kier molecular flexibility index (Phi) is 3.74. The fraction of sp³-hybridized carbons (Fsp3) is 0.500. The van der Waals surface area contributed by atoms with E-state index in [9.17, 15) is 0 Å². The van der Waals surface area contributed by atoms with Crippen molar-refractivity contribution in [2.45, 2.75) is 26.2 Å². The monoisotopic (exact) mass is 165 g/mol. The Morgan fingerprint density at radius 1 is 1.33 bits per heavy atom. The molecule has 0 saturated carbocycles. The molecule has 0 unspecified atom stereocenters. The molecule has 66 valence electrons. The summed E-state index contributed by atoms with van der Waals surface area (Å²) in [6, 6.07) is 2.14. The van der Waals surface area contributed by atoms with Crippen LogP contribution < -0.4 is 0 Å². The van der Waals surface area contributed by atoms with Gasteiger partial charge < -0.3 is 5.11 Å². The standard InChI is InChI=1S/C10H15NO/c1-9-6-10(8-11-7-9)4-2-3-5-12/h6-8,12H,2-5H2,1H3. The fourth-order valence-corrected chi connectivity index (χ4v) is 1.20. The minimum atomic E-state index is 0.291. The van der Waals surface area contributed by atoms with Crippen molar-refractivity contribution in [3.8, 4) is 0 Å². The number of hydrogen-bond donors (Lipinski definition) is 1. The summed E-state index contributed by atoms with van der Waals surface area (Å²) in [5.41, 5.74) is 2.47. The molecule has 0 bridgehead atoms. The van der Waals surface area contributed by atoms with E-state index in [1.807, 2.05) is 19.3 Å². The highest BCUT2D eigenvalue weighted by molar-refractivity contribution is 5.16. The second-order valence-corrected chi connectivity index (χ2v) is 3.05. The van der Waals surface area contributed by atoms with E-state index in [0.29, 0.717) is 6.61 Å². The van der Waals surface area contributed by atoms with Gasteiger partial charge in [0, 0.05) is 19.0 Å². The maximum atomic E-state index is 8.58. The van der Waals surface area contributed by atoms with Gasteiger partial charge in [-0.2, -0.15) is 0 Å². The van der Waals surface area contributed by atoms with Gasteiger partial charge in [0.05, 0.1) is 0 Å². The van der Waals surface area contributed by atoms with Crippen LogP contribution in [0.15, 0.2) is 18.5 Å². The summed E-state index contributed by atoms with van der Waals surface area (Å²) < 4.78 is 0. The van der Waals surface area contributed by atoms with Gasteiger partial charge in [0.25, 0.3) is 0 Å². The number of aliphatic hydroxyl groups is 1. The molecule has 0 atom stereocenters. The van der Waals surface area contributed by atoms with Crippen molar-refractivity contribution in [2.75, 3.05) is 6.61 Å². The second kappa shape index (κ2) is 4.88. The van der Waals surface area contributed by atoms with E-state index < -0.39 is 0 Å². The summed E-state index contributed by atoms with van der Waals surface area (Å²) in [7, 11) is 0. The smallest absolute Gasteiger partial charge is 0.0431 e. The van der Waals surface area contributed by atoms with Gasteiger partial charge in [-0.1, -0.05) is 6.07 Å². The van der Waals surface area contributed by atoms with Gasteiger partial charge in [-0.05, 0) is 37.3 Å². The Hall–Kier alpha value is -0.890. The zero-order chi connectivity index (χ0) is 8.81. The third-order valence-electron chi connectivity index (χ3n) is 1.81. The second-order valence-electron chi connectivity index (χ2n) is 3.05. The lowest BCUT2D eigenvalue weighted by Crippen LogP contribution is -1.90. The van der Waals surface area contributed by atoms with Gasteiger partial charge in [-0.25, -0.2) is 0 Å². The number of unbranched alkanes of at least 4 members (excludes halogenated alkanes) is 1. The van der Waals surface area contributed by atoms with Gasteiger partial charge in [0.2, 0.25) is 0 Å². The normalized spacial score (nSPS) is 10.2. The van der Waals surface area contributed by atoms with Gasteiger partial charge in [0.15, 0.2) is 0 Å². The van der Waals surface area contributed by atoms with E-state index in [-0.39, 0.29) is 0 Å². The van der Waals surface area contributed by atoms with Crippen molar-refractivity contribution in [3.63, 3.8) is 0 Å². The van der Waals surface area contributed by atoms with Crippen LogP contribution in [0.3, 0.4) is 0 Å². The summed E-state index contributed by atoms with van der Waals surface area (Å²) in [6.45, 7) is 2.34. The van der Waals surface area contributed by atoms with Gasteiger partial charge >= 0.3 is 0 Å². The van der Waals surface area contributed by atoms with E-state index in [1.54, 1.807) is 0 Å². The Morgan fingerprint density at radius 3 is 2.83 bits per heavy atom. The quantitative estimate of drug-likeness (QED) is 0.689. The lowest BCUT2D eigenvalue weighted by molar-refractivity contribution is 0.284. The van der Waals surface area contributed by atoms with Crippen LogP contribution in [-0.4, -0.2) is 16.7 Å². The first-order valence-corrected chi connectivity index (χ1v) is 4.34. The number of hydrogen-bond acceptors (Lipinski definition) is 2. The molecule has 0 amide bonds. The van der Waals surface area contributed by atoms with E-state index >= 15 is 0 Å². The van der Waals surface area contributed by atoms with Crippen LogP contribution in [0.2, 0.25) is 0 Å². The summed E-state index contributed by atoms with van der Waals surface area (Å²) >= 11 is 0. The number of aliphatic hydroxyl groups excluding tert-OH is 1. The Balaban J connectivity index is 2.41. The van der Waals surface area contributed by atoms with Crippen molar-refractivity contribution in [2.24, 2.45) is 0 Å². The molecule has 0 fully saturated rings. The zero-order valence-electron chi connectivity index (χ0n) is 7.45. The first kappa shape index (κ1) is 9.20. The zero-order valence-corrected chi connectivity index (χ0v) is 7.45. The van der Waals surface area contributed by atoms with Crippen LogP contribution in [0.25, 0.3) is 0 Å². The van der Waals surface area contributed by atoms with Gasteiger partial charge in [0.1, 0.15) is 0 Å². The van der Waals surface area contributed by atoms with Crippen LogP contribution in [0.4, 0.5) is 0 Å². The molecular formula is C10H15NO. The molecule has 12 heavy (non-hydrogen) atoms. The minimum absolute atomic E-state index is 0.291. The summed E-state index contributed by atoms with van der Waals surface area (Å²) in [5.74, 6) is 0. The van der Waals surface area contributed by atoms with E-state index in [2.05, 4.69) is 11.1 Å². The fourth-order valence-electron chi connectivity index (χ4n) is 1.20. The molecule has 0 aliphatic heterocycles. The molecule has 2 nitrogen and oxygen atoms in total. The largest absolute Gasteiger partial charge is 0.396 e. The molecule has 0 aromatic carbocycles. The molecule has 1 aromatic rings. The SMILES string of the molecule is Cc1cncc(CCCCO)c1. The van der Waals surface area contributed by atoms with Crippen molar-refractivity contribution in [1.82, 2.24) is 4.98 Å². The summed E-state index contributed by atoms with van der Waals surface area (Å²) in [6.07, 6.45) is 6.70. The summed E-state index contributed by atoms with van der Waals surface area (Å²) in [4.78, 5) is 4.10. The number of aryl methyl sites for hydroxylation is 2. The Labute approximate surface area is 73.3 Å². The highest BCUT2D eigenvalue weighted by Crippen LogP contribution is 2.05. The van der Waals surface area contributed by atoms with Crippen LogP contribution >= 0.6 is 0 Å². The predicted octanol–water partition coefficient (Wildman–Crippen LogP) is 1.71. The molecule has 2 heteroatoms. The van der Waals surface area contributed by atoms with Crippen LogP contribution in [0.5, 0.6) is 0 Å². The minimum Gasteiger partial charge on any atom is -0.396 e. The lowest BCUT2D eigenvalue weighted by atomic mass is 10.1. The molecule has 0 aliphatic rings. The van der Waals surface area contributed by atoms with Crippen LogP contribution in [0.1, 0.15) is 24.0 Å². The number of aromatic nitrogens is 1. The Bertz CT molecular complexity index is 235. The van der Waals surface area contributed by atoms with Gasteiger partial charge in [-0.3, -0.25) is 4.98 Å². The molecule has 1 rings (SSSR count). The molecule has 0 saturated heterocycles. The van der Waals surface area contributed by atoms with Crippen molar-refractivity contribution < 1.29 is 5.11 Å². The maximum Gasteiger partial charge on any atom is 0.0431 e. The molecule has 1 aromatic heterocycles. The van der Waals surface area contributed by atoms with Crippen molar-refractivity contribution in [3.05, 3.63) is 29.6 Å².